The molecule has 7 heteroatoms. The number of rotatable bonds is 5. The van der Waals surface area contributed by atoms with Crippen molar-refractivity contribution in [1.82, 2.24) is 5.32 Å². The molecular formula is C24H23N3O3S. The second-order valence-corrected chi connectivity index (χ2v) is 8.69. The summed E-state index contributed by atoms with van der Waals surface area (Å²) in [5.74, 6) is 0.0674. The van der Waals surface area contributed by atoms with Crippen LogP contribution in [0.4, 0.5) is 5.69 Å². The first kappa shape index (κ1) is 21.0. The summed E-state index contributed by atoms with van der Waals surface area (Å²) in [6, 6.07) is 11.7. The first-order chi connectivity index (χ1) is 15.0. The molecule has 1 unspecified atom stereocenters. The number of nitrogens with zero attached hydrogens (tertiary/aromatic N) is 1. The van der Waals surface area contributed by atoms with Crippen molar-refractivity contribution in [3.05, 3.63) is 75.4 Å². The Balaban J connectivity index is 1.58. The molecule has 1 aliphatic heterocycles. The molecule has 0 fully saturated rings. The maximum Gasteiger partial charge on any atom is 0.234 e. The molecule has 2 aliphatic rings. The molecule has 0 saturated heterocycles. The number of ketones is 1. The minimum Gasteiger partial charge on any atom is -0.468 e. The van der Waals surface area contributed by atoms with Crippen molar-refractivity contribution in [2.75, 3.05) is 11.1 Å². The third-order valence-corrected chi connectivity index (χ3v) is 6.60. The highest BCUT2D eigenvalue weighted by molar-refractivity contribution is 8.03. The van der Waals surface area contributed by atoms with Crippen molar-refractivity contribution < 1.29 is 14.0 Å². The first-order valence-electron chi connectivity index (χ1n) is 10.2. The Labute approximate surface area is 185 Å². The molecule has 1 atom stereocenters. The summed E-state index contributed by atoms with van der Waals surface area (Å²) in [5.41, 5.74) is 4.67. The van der Waals surface area contributed by atoms with Gasteiger partial charge in [-0.05, 0) is 49.9 Å². The van der Waals surface area contributed by atoms with Gasteiger partial charge in [-0.25, -0.2) is 0 Å². The van der Waals surface area contributed by atoms with Gasteiger partial charge in [-0.1, -0.05) is 30.0 Å². The van der Waals surface area contributed by atoms with Crippen LogP contribution in [0, 0.1) is 25.2 Å². The van der Waals surface area contributed by atoms with Crippen molar-refractivity contribution in [2.45, 2.75) is 39.0 Å². The number of nitrogens with one attached hydrogen (secondary N) is 2. The molecule has 0 saturated carbocycles. The molecule has 6 nitrogen and oxygen atoms in total. The van der Waals surface area contributed by atoms with Gasteiger partial charge in [0.25, 0.3) is 0 Å². The van der Waals surface area contributed by atoms with E-state index >= 15 is 0 Å². The van der Waals surface area contributed by atoms with E-state index in [-0.39, 0.29) is 17.4 Å². The number of nitriles is 1. The standard InChI is InChI=1S/C24H23N3O3S/c1-14-6-3-7-15(2)23(14)27-20(29)13-31-24-16(12-25)21(19-10-5-11-30-19)22-17(26-24)8-4-9-18(22)28/h3,5-7,10-11,21,26H,4,8-9,13H2,1-2H3,(H,27,29). The van der Waals surface area contributed by atoms with Crippen LogP contribution in [0.15, 0.2) is 62.9 Å². The summed E-state index contributed by atoms with van der Waals surface area (Å²) in [6.45, 7) is 3.91. The van der Waals surface area contributed by atoms with E-state index < -0.39 is 5.92 Å². The zero-order valence-electron chi connectivity index (χ0n) is 17.5. The molecule has 158 valence electrons. The highest BCUT2D eigenvalue weighted by Gasteiger charge is 2.38. The Morgan fingerprint density at radius 2 is 2.03 bits per heavy atom. The molecule has 31 heavy (non-hydrogen) atoms. The molecule has 0 radical (unpaired) electrons. The molecule has 0 bridgehead atoms. The fraction of sp³-hybridized carbons (Fsp3) is 0.292. The number of anilines is 1. The van der Waals surface area contributed by atoms with Gasteiger partial charge in [0.15, 0.2) is 5.78 Å². The van der Waals surface area contributed by atoms with Crippen LogP contribution in [0.25, 0.3) is 0 Å². The normalized spacial score (nSPS) is 18.4. The van der Waals surface area contributed by atoms with Crippen LogP contribution in [-0.2, 0) is 9.59 Å². The molecule has 2 aromatic rings. The number of hydrogen-bond acceptors (Lipinski definition) is 6. The number of Topliss-reactive ketones (excluding diaryl/α,β-unsaturated/α-hetero) is 1. The number of furan rings is 1. The number of benzene rings is 1. The number of thioether (sulfide) groups is 1. The zero-order valence-corrected chi connectivity index (χ0v) is 18.3. The number of dihydropyridines is 1. The summed E-state index contributed by atoms with van der Waals surface area (Å²) in [4.78, 5) is 25.3. The van der Waals surface area contributed by atoms with Crippen LogP contribution in [0.2, 0.25) is 0 Å². The van der Waals surface area contributed by atoms with E-state index in [9.17, 15) is 14.9 Å². The third kappa shape index (κ3) is 4.17. The molecular weight excluding hydrogens is 410 g/mol. The van der Waals surface area contributed by atoms with Crippen LogP contribution in [-0.4, -0.2) is 17.4 Å². The molecule has 0 spiro atoms. The number of hydrogen-bond donors (Lipinski definition) is 2. The fourth-order valence-electron chi connectivity index (χ4n) is 4.10. The van der Waals surface area contributed by atoms with Crippen molar-refractivity contribution in [3.8, 4) is 6.07 Å². The van der Waals surface area contributed by atoms with Crippen LogP contribution in [0.5, 0.6) is 0 Å². The molecule has 1 aromatic heterocycles. The molecule has 1 aliphatic carbocycles. The lowest BCUT2D eigenvalue weighted by Gasteiger charge is -2.32. The van der Waals surface area contributed by atoms with E-state index in [2.05, 4.69) is 16.7 Å². The van der Waals surface area contributed by atoms with Gasteiger partial charge >= 0.3 is 0 Å². The maximum atomic E-state index is 12.7. The number of amides is 1. The predicted molar refractivity (Wildman–Crippen MR) is 120 cm³/mol. The van der Waals surface area contributed by atoms with Crippen LogP contribution < -0.4 is 10.6 Å². The monoisotopic (exact) mass is 433 g/mol. The van der Waals surface area contributed by atoms with Crippen molar-refractivity contribution in [3.63, 3.8) is 0 Å². The van der Waals surface area contributed by atoms with E-state index in [0.29, 0.717) is 28.4 Å². The average Bonchev–Trinajstić information content (AvgIpc) is 3.28. The van der Waals surface area contributed by atoms with Gasteiger partial charge in [-0.3, -0.25) is 9.59 Å². The first-order valence-corrected chi connectivity index (χ1v) is 11.2. The van der Waals surface area contributed by atoms with Crippen molar-refractivity contribution in [2.24, 2.45) is 0 Å². The Kier molecular flexibility index (Phi) is 6.01. The summed E-state index contributed by atoms with van der Waals surface area (Å²) in [6.07, 6.45) is 3.51. The summed E-state index contributed by atoms with van der Waals surface area (Å²) < 4.78 is 5.59. The predicted octanol–water partition coefficient (Wildman–Crippen LogP) is 4.70. The minimum absolute atomic E-state index is 0.0414. The van der Waals surface area contributed by atoms with Gasteiger partial charge in [0.2, 0.25) is 5.91 Å². The number of allylic oxidation sites excluding steroid dienone is 3. The number of carbonyl (C=O) groups is 2. The number of para-hydroxylation sites is 1. The zero-order chi connectivity index (χ0) is 22.0. The second kappa shape index (κ2) is 8.86. The highest BCUT2D eigenvalue weighted by Crippen LogP contribution is 2.44. The lowest BCUT2D eigenvalue weighted by Crippen LogP contribution is -2.31. The van der Waals surface area contributed by atoms with Crippen LogP contribution in [0.1, 0.15) is 42.1 Å². The van der Waals surface area contributed by atoms with Gasteiger partial charge in [0, 0.05) is 23.4 Å². The smallest absolute Gasteiger partial charge is 0.234 e. The van der Waals surface area contributed by atoms with E-state index in [1.165, 1.54) is 11.8 Å². The average molecular weight is 434 g/mol. The lowest BCUT2D eigenvalue weighted by molar-refractivity contribution is -0.116. The van der Waals surface area contributed by atoms with Crippen LogP contribution in [0.3, 0.4) is 0 Å². The van der Waals surface area contributed by atoms with Gasteiger partial charge in [-0.2, -0.15) is 5.26 Å². The third-order valence-electron chi connectivity index (χ3n) is 5.58. The molecule has 2 heterocycles. The van der Waals surface area contributed by atoms with Crippen molar-refractivity contribution in [1.29, 1.82) is 5.26 Å². The quantitative estimate of drug-likeness (QED) is 0.710. The van der Waals surface area contributed by atoms with E-state index in [4.69, 9.17) is 4.42 Å². The molecule has 1 amide bonds. The summed E-state index contributed by atoms with van der Waals surface area (Å²) in [5, 5.41) is 16.8. The number of aryl methyl sites for hydroxylation is 2. The van der Waals surface area contributed by atoms with Gasteiger partial charge in [0.1, 0.15) is 5.76 Å². The largest absolute Gasteiger partial charge is 0.468 e. The Morgan fingerprint density at radius 1 is 1.26 bits per heavy atom. The second-order valence-electron chi connectivity index (χ2n) is 7.70. The maximum absolute atomic E-state index is 12.7. The molecule has 2 N–H and O–H groups in total. The summed E-state index contributed by atoms with van der Waals surface area (Å²) >= 11 is 1.27. The van der Waals surface area contributed by atoms with Crippen LogP contribution >= 0.6 is 11.8 Å². The Hall–Kier alpha value is -3.24. The van der Waals surface area contributed by atoms with Gasteiger partial charge < -0.3 is 15.1 Å². The van der Waals surface area contributed by atoms with E-state index in [1.54, 1.807) is 18.4 Å². The van der Waals surface area contributed by atoms with Gasteiger partial charge in [0.05, 0.1) is 34.6 Å². The minimum atomic E-state index is -0.534. The number of carbonyl (C=O) groups excluding carboxylic acids is 2. The van der Waals surface area contributed by atoms with E-state index in [1.807, 2.05) is 32.0 Å². The highest BCUT2D eigenvalue weighted by atomic mass is 32.2. The Bertz CT molecular complexity index is 1120. The topological polar surface area (TPSA) is 95.1 Å². The van der Waals surface area contributed by atoms with Crippen molar-refractivity contribution >= 4 is 29.1 Å². The Morgan fingerprint density at radius 3 is 2.71 bits per heavy atom. The summed E-state index contributed by atoms with van der Waals surface area (Å²) in [7, 11) is 0. The molecule has 4 rings (SSSR count). The lowest BCUT2D eigenvalue weighted by atomic mass is 9.79. The molecule has 1 aromatic carbocycles. The fourth-order valence-corrected chi connectivity index (χ4v) is 4.96. The van der Waals surface area contributed by atoms with Gasteiger partial charge in [-0.15, -0.1) is 0 Å². The SMILES string of the molecule is Cc1cccc(C)c1NC(=O)CSC1=C(C#N)C(c2ccco2)C2=C(CCCC2=O)N1. The van der Waals surface area contributed by atoms with E-state index in [0.717, 1.165) is 35.4 Å².